The summed E-state index contributed by atoms with van der Waals surface area (Å²) in [4.78, 5) is 17.3. The molecule has 0 amide bonds. The van der Waals surface area contributed by atoms with Gasteiger partial charge in [0.1, 0.15) is 24.1 Å². The van der Waals surface area contributed by atoms with Crippen molar-refractivity contribution in [3.63, 3.8) is 0 Å². The van der Waals surface area contributed by atoms with Crippen molar-refractivity contribution in [2.75, 3.05) is 0 Å². The molecule has 2 N–H and O–H groups in total. The van der Waals surface area contributed by atoms with Gasteiger partial charge < -0.3 is 14.7 Å². The summed E-state index contributed by atoms with van der Waals surface area (Å²) < 4.78 is 19.4. The number of rotatable bonds is 12. The predicted molar refractivity (Wildman–Crippen MR) is 142 cm³/mol. The number of aryl methyl sites for hydroxylation is 1. The molecule has 4 rings (SSSR count). The first-order valence-corrected chi connectivity index (χ1v) is 12.4. The third-order valence-electron chi connectivity index (χ3n) is 6.29. The fourth-order valence-corrected chi connectivity index (χ4v) is 4.00. The number of aliphatic carboxylic acids is 1. The molecule has 0 saturated heterocycles. The zero-order valence-electron chi connectivity index (χ0n) is 21.3. The second kappa shape index (κ2) is 12.7. The van der Waals surface area contributed by atoms with Crippen LogP contribution in [0.2, 0.25) is 0 Å². The molecule has 0 radical (unpaired) electrons. The molecule has 0 aliphatic rings. The molecule has 0 spiro atoms. The summed E-state index contributed by atoms with van der Waals surface area (Å²) in [7, 11) is 0. The first-order chi connectivity index (χ1) is 18.4. The van der Waals surface area contributed by atoms with E-state index in [0.29, 0.717) is 11.5 Å². The molecule has 2 atom stereocenters. The number of halogens is 1. The van der Waals surface area contributed by atoms with Crippen molar-refractivity contribution in [1.29, 1.82) is 0 Å². The van der Waals surface area contributed by atoms with E-state index in [1.165, 1.54) is 17.7 Å². The van der Waals surface area contributed by atoms with Gasteiger partial charge in [-0.2, -0.15) is 5.10 Å². The van der Waals surface area contributed by atoms with Crippen LogP contribution in [0.3, 0.4) is 0 Å². The van der Waals surface area contributed by atoms with Gasteiger partial charge in [-0.3, -0.25) is 9.89 Å². The summed E-state index contributed by atoms with van der Waals surface area (Å²) in [5, 5.41) is 20.7. The number of nitrogens with zero attached hydrogens (tertiary/aromatic N) is 2. The molecule has 2 unspecified atom stereocenters. The van der Waals surface area contributed by atoms with E-state index in [4.69, 9.17) is 9.57 Å². The SMILES string of the molecule is CCc1ccc(C(Oc2ccc(CC(C(=O)O)C(C)=NOCc3ccc(F)cc3)cc2)c2cn[nH]c2)cc1. The van der Waals surface area contributed by atoms with Gasteiger partial charge >= 0.3 is 5.97 Å². The van der Waals surface area contributed by atoms with Crippen molar-refractivity contribution < 1.29 is 23.9 Å². The monoisotopic (exact) mass is 515 g/mol. The number of hydrogen-bond acceptors (Lipinski definition) is 5. The van der Waals surface area contributed by atoms with Crippen LogP contribution >= 0.6 is 0 Å². The zero-order chi connectivity index (χ0) is 26.9. The molecule has 196 valence electrons. The summed E-state index contributed by atoms with van der Waals surface area (Å²) >= 11 is 0. The number of H-pyrrole nitrogens is 1. The number of ether oxygens (including phenoxy) is 1. The largest absolute Gasteiger partial charge is 0.481 e. The smallest absolute Gasteiger partial charge is 0.312 e. The van der Waals surface area contributed by atoms with Crippen molar-refractivity contribution >= 4 is 11.7 Å². The van der Waals surface area contributed by atoms with Crippen LogP contribution < -0.4 is 4.74 Å². The third kappa shape index (κ3) is 7.06. The lowest BCUT2D eigenvalue weighted by Crippen LogP contribution is -2.24. The van der Waals surface area contributed by atoms with Crippen molar-refractivity contribution in [1.82, 2.24) is 10.2 Å². The van der Waals surface area contributed by atoms with E-state index in [9.17, 15) is 14.3 Å². The predicted octanol–water partition coefficient (Wildman–Crippen LogP) is 6.12. The molecule has 1 aromatic heterocycles. The summed E-state index contributed by atoms with van der Waals surface area (Å²) in [6.07, 6.45) is 4.41. The molecule has 1 heterocycles. The van der Waals surface area contributed by atoms with E-state index in [1.54, 1.807) is 25.3 Å². The number of oxime groups is 1. The number of benzene rings is 3. The second-order valence-corrected chi connectivity index (χ2v) is 9.00. The van der Waals surface area contributed by atoms with E-state index >= 15 is 0 Å². The first-order valence-electron chi connectivity index (χ1n) is 12.4. The van der Waals surface area contributed by atoms with Gasteiger partial charge in [0, 0.05) is 11.8 Å². The molecule has 0 fully saturated rings. The van der Waals surface area contributed by atoms with E-state index < -0.39 is 11.9 Å². The maximum atomic E-state index is 13.0. The van der Waals surface area contributed by atoms with Crippen LogP contribution in [0.25, 0.3) is 0 Å². The van der Waals surface area contributed by atoms with Crippen molar-refractivity contribution in [2.24, 2.45) is 11.1 Å². The van der Waals surface area contributed by atoms with Gasteiger partial charge in [0.05, 0.1) is 11.9 Å². The number of aromatic amines is 1. The Labute approximate surface area is 220 Å². The molecule has 7 nitrogen and oxygen atoms in total. The number of hydrogen-bond donors (Lipinski definition) is 2. The number of nitrogens with one attached hydrogen (secondary N) is 1. The first kappa shape index (κ1) is 26.6. The van der Waals surface area contributed by atoms with Crippen LogP contribution in [0.5, 0.6) is 5.75 Å². The number of aromatic nitrogens is 2. The standard InChI is InChI=1S/C30H30FN3O4/c1-3-21-4-10-24(11-5-21)29(25-17-32-33-18-25)38-27-14-8-22(9-15-27)16-28(30(35)36)20(2)34-37-19-23-6-12-26(31)13-7-23/h4-15,17-18,28-29H,3,16,19H2,1-2H3,(H,32,33)(H,35,36). The Bertz CT molecular complexity index is 1340. The molecule has 0 aliphatic carbocycles. The van der Waals surface area contributed by atoms with Gasteiger partial charge in [-0.25, -0.2) is 4.39 Å². The van der Waals surface area contributed by atoms with Crippen LogP contribution in [0.4, 0.5) is 4.39 Å². The average Bonchev–Trinajstić information content (AvgIpc) is 3.47. The maximum Gasteiger partial charge on any atom is 0.312 e. The Morgan fingerprint density at radius 2 is 1.63 bits per heavy atom. The Morgan fingerprint density at radius 3 is 2.24 bits per heavy atom. The minimum Gasteiger partial charge on any atom is -0.481 e. The maximum absolute atomic E-state index is 13.0. The normalized spacial score (nSPS) is 13.1. The Kier molecular flexibility index (Phi) is 8.87. The quantitative estimate of drug-likeness (QED) is 0.175. The summed E-state index contributed by atoms with van der Waals surface area (Å²) in [6.45, 7) is 3.86. The summed E-state index contributed by atoms with van der Waals surface area (Å²) in [5.41, 5.74) is 5.06. The number of carboxylic acids is 1. The van der Waals surface area contributed by atoms with Gasteiger partial charge in [0.2, 0.25) is 0 Å². The third-order valence-corrected chi connectivity index (χ3v) is 6.29. The molecule has 4 aromatic rings. The fraction of sp³-hybridized carbons (Fsp3) is 0.233. The minimum absolute atomic E-state index is 0.120. The summed E-state index contributed by atoms with van der Waals surface area (Å²) in [6, 6.07) is 21.5. The fourth-order valence-electron chi connectivity index (χ4n) is 4.00. The van der Waals surface area contributed by atoms with Crippen LogP contribution in [0.15, 0.2) is 90.3 Å². The Balaban J connectivity index is 1.42. The molecule has 0 bridgehead atoms. The van der Waals surface area contributed by atoms with Gasteiger partial charge in [-0.05, 0) is 66.3 Å². The van der Waals surface area contributed by atoms with E-state index in [-0.39, 0.29) is 24.9 Å². The molecule has 0 aliphatic heterocycles. The molecule has 0 saturated carbocycles. The van der Waals surface area contributed by atoms with Crippen molar-refractivity contribution in [3.05, 3.63) is 119 Å². The lowest BCUT2D eigenvalue weighted by molar-refractivity contribution is -0.139. The highest BCUT2D eigenvalue weighted by atomic mass is 19.1. The van der Waals surface area contributed by atoms with Crippen LogP contribution in [-0.4, -0.2) is 27.0 Å². The molecule has 8 heteroatoms. The highest BCUT2D eigenvalue weighted by molar-refractivity contribution is 6.00. The Morgan fingerprint density at radius 1 is 0.974 bits per heavy atom. The van der Waals surface area contributed by atoms with E-state index in [1.807, 2.05) is 30.5 Å². The highest BCUT2D eigenvalue weighted by Gasteiger charge is 2.23. The zero-order valence-corrected chi connectivity index (χ0v) is 21.3. The van der Waals surface area contributed by atoms with E-state index in [2.05, 4.69) is 46.5 Å². The van der Waals surface area contributed by atoms with Crippen LogP contribution in [-0.2, 0) is 29.1 Å². The molecule has 38 heavy (non-hydrogen) atoms. The molecular weight excluding hydrogens is 485 g/mol. The average molecular weight is 516 g/mol. The second-order valence-electron chi connectivity index (χ2n) is 9.00. The topological polar surface area (TPSA) is 96.8 Å². The van der Waals surface area contributed by atoms with Crippen molar-refractivity contribution in [2.45, 2.75) is 39.4 Å². The summed E-state index contributed by atoms with van der Waals surface area (Å²) in [5.74, 6) is -1.53. The number of carboxylic acid groups (broad SMARTS) is 1. The van der Waals surface area contributed by atoms with Crippen LogP contribution in [0, 0.1) is 11.7 Å². The highest BCUT2D eigenvalue weighted by Crippen LogP contribution is 2.29. The minimum atomic E-state index is -0.993. The van der Waals surface area contributed by atoms with Crippen LogP contribution in [0.1, 0.15) is 47.8 Å². The van der Waals surface area contributed by atoms with Crippen molar-refractivity contribution in [3.8, 4) is 5.75 Å². The number of carbonyl (C=O) groups is 1. The molecule has 3 aromatic carbocycles. The van der Waals surface area contributed by atoms with Gasteiger partial charge in [0.15, 0.2) is 6.10 Å². The lowest BCUT2D eigenvalue weighted by Gasteiger charge is -2.19. The Hall–Kier alpha value is -4.46. The molecular formula is C30H30FN3O4. The lowest BCUT2D eigenvalue weighted by atomic mass is 9.95. The van der Waals surface area contributed by atoms with Gasteiger partial charge in [0.25, 0.3) is 0 Å². The van der Waals surface area contributed by atoms with E-state index in [0.717, 1.165) is 28.7 Å². The van der Waals surface area contributed by atoms with Gasteiger partial charge in [-0.1, -0.05) is 60.6 Å². The van der Waals surface area contributed by atoms with Gasteiger partial charge in [-0.15, -0.1) is 0 Å².